The number of anilines is 1. The average Bonchev–Trinajstić information content (AvgIpc) is 3.21. The Kier molecular flexibility index (Phi) is 5.34. The molecule has 0 aliphatic heterocycles. The number of aromatic nitrogens is 4. The van der Waals surface area contributed by atoms with Crippen LogP contribution in [-0.2, 0) is 11.2 Å². The van der Waals surface area contributed by atoms with Gasteiger partial charge in [0.05, 0.1) is 11.4 Å². The number of tetrazole rings is 1. The number of carbonyl (C=O) groups excluding carboxylic acids is 1. The normalized spacial score (nSPS) is 10.9. The molecular weight excluding hydrogens is 370 g/mol. The van der Waals surface area contributed by atoms with Gasteiger partial charge in [0.1, 0.15) is 0 Å². The Morgan fingerprint density at radius 1 is 1.04 bits per heavy atom. The summed E-state index contributed by atoms with van der Waals surface area (Å²) in [4.78, 5) is 12.5. The zero-order valence-corrected chi connectivity index (χ0v) is 16.2. The molecule has 0 saturated carbocycles. The zero-order chi connectivity index (χ0) is 19.3. The molecule has 4 aromatic rings. The number of hydrogen-bond acceptors (Lipinski definition) is 5. The van der Waals surface area contributed by atoms with E-state index in [9.17, 15) is 4.79 Å². The highest BCUT2D eigenvalue weighted by Gasteiger charge is 2.12. The van der Waals surface area contributed by atoms with Crippen molar-refractivity contribution in [3.8, 4) is 5.69 Å². The molecule has 0 saturated heterocycles. The molecular formula is C21H19N5OS. The molecule has 3 aromatic carbocycles. The van der Waals surface area contributed by atoms with E-state index in [1.165, 1.54) is 17.3 Å². The van der Waals surface area contributed by atoms with E-state index in [0.717, 1.165) is 28.6 Å². The van der Waals surface area contributed by atoms with E-state index in [-0.39, 0.29) is 11.7 Å². The minimum atomic E-state index is -0.0998. The van der Waals surface area contributed by atoms with Gasteiger partial charge in [-0.25, -0.2) is 0 Å². The second kappa shape index (κ2) is 8.22. The predicted octanol–water partition coefficient (Wildman–Crippen LogP) is 4.11. The summed E-state index contributed by atoms with van der Waals surface area (Å²) in [6, 6.07) is 21.9. The Morgan fingerprint density at radius 2 is 1.82 bits per heavy atom. The number of carbonyl (C=O) groups is 1. The third-order valence-corrected chi connectivity index (χ3v) is 5.35. The molecule has 0 spiro atoms. The number of fused-ring (bicyclic) bond motifs is 1. The van der Waals surface area contributed by atoms with Crippen LogP contribution in [0.2, 0.25) is 0 Å². The quantitative estimate of drug-likeness (QED) is 0.503. The Labute approximate surface area is 167 Å². The summed E-state index contributed by atoms with van der Waals surface area (Å²) in [5.74, 6) is 0.119. The average molecular weight is 389 g/mol. The molecule has 1 N–H and O–H groups in total. The second-order valence-corrected chi connectivity index (χ2v) is 7.20. The molecule has 0 aliphatic rings. The summed E-state index contributed by atoms with van der Waals surface area (Å²) in [5, 5.41) is 17.5. The fourth-order valence-corrected chi connectivity index (χ4v) is 3.65. The van der Waals surface area contributed by atoms with Crippen LogP contribution in [0, 0.1) is 0 Å². The van der Waals surface area contributed by atoms with E-state index in [4.69, 9.17) is 0 Å². The summed E-state index contributed by atoms with van der Waals surface area (Å²) in [7, 11) is 0. The molecule has 0 fully saturated rings. The third-order valence-electron chi connectivity index (χ3n) is 4.43. The smallest absolute Gasteiger partial charge is 0.234 e. The Morgan fingerprint density at radius 3 is 2.64 bits per heavy atom. The van der Waals surface area contributed by atoms with Gasteiger partial charge in [0, 0.05) is 11.1 Å². The molecule has 1 aromatic heterocycles. The van der Waals surface area contributed by atoms with Gasteiger partial charge >= 0.3 is 0 Å². The van der Waals surface area contributed by atoms with Crippen molar-refractivity contribution in [3.05, 3.63) is 72.3 Å². The van der Waals surface area contributed by atoms with Crippen molar-refractivity contribution in [2.24, 2.45) is 0 Å². The summed E-state index contributed by atoms with van der Waals surface area (Å²) in [5.41, 5.74) is 2.93. The molecule has 0 unspecified atom stereocenters. The summed E-state index contributed by atoms with van der Waals surface area (Å²) in [6.45, 7) is 2.11. The van der Waals surface area contributed by atoms with Crippen LogP contribution in [0.15, 0.2) is 71.9 Å². The second-order valence-electron chi connectivity index (χ2n) is 6.26. The Balaban J connectivity index is 1.45. The maximum atomic E-state index is 12.5. The van der Waals surface area contributed by atoms with Crippen molar-refractivity contribution in [2.45, 2.75) is 18.5 Å². The van der Waals surface area contributed by atoms with E-state index in [1.807, 2.05) is 54.6 Å². The molecule has 6 nitrogen and oxygen atoms in total. The lowest BCUT2D eigenvalue weighted by Crippen LogP contribution is -2.14. The maximum absolute atomic E-state index is 12.5. The van der Waals surface area contributed by atoms with Crippen LogP contribution < -0.4 is 5.32 Å². The van der Waals surface area contributed by atoms with Crippen LogP contribution in [0.25, 0.3) is 16.5 Å². The van der Waals surface area contributed by atoms with E-state index < -0.39 is 0 Å². The SMILES string of the molecule is CCc1ccc(-n2nnnc2SCC(=O)Nc2cccc3ccccc23)cc1. The largest absolute Gasteiger partial charge is 0.325 e. The number of nitrogens with zero attached hydrogens (tertiary/aromatic N) is 4. The lowest BCUT2D eigenvalue weighted by atomic mass is 10.1. The molecule has 0 bridgehead atoms. The van der Waals surface area contributed by atoms with Crippen molar-refractivity contribution in [1.82, 2.24) is 20.2 Å². The minimum Gasteiger partial charge on any atom is -0.325 e. The van der Waals surface area contributed by atoms with Gasteiger partial charge in [0.2, 0.25) is 11.1 Å². The minimum absolute atomic E-state index is 0.0998. The summed E-state index contributed by atoms with van der Waals surface area (Å²) in [6.07, 6.45) is 0.978. The monoisotopic (exact) mass is 389 g/mol. The molecule has 0 aliphatic carbocycles. The van der Waals surface area contributed by atoms with Gasteiger partial charge in [-0.1, -0.05) is 67.2 Å². The fraction of sp³-hybridized carbons (Fsp3) is 0.143. The lowest BCUT2D eigenvalue weighted by Gasteiger charge is -2.09. The molecule has 28 heavy (non-hydrogen) atoms. The highest BCUT2D eigenvalue weighted by Crippen LogP contribution is 2.24. The third kappa shape index (κ3) is 3.89. The first-order valence-corrected chi connectivity index (χ1v) is 10.0. The lowest BCUT2D eigenvalue weighted by molar-refractivity contribution is -0.113. The number of nitrogens with one attached hydrogen (secondary N) is 1. The van der Waals surface area contributed by atoms with Gasteiger partial charge in [-0.15, -0.1) is 5.10 Å². The van der Waals surface area contributed by atoms with Gasteiger partial charge in [-0.05, 0) is 46.0 Å². The van der Waals surface area contributed by atoms with Crippen molar-refractivity contribution < 1.29 is 4.79 Å². The topological polar surface area (TPSA) is 72.7 Å². The van der Waals surface area contributed by atoms with Crippen LogP contribution in [0.1, 0.15) is 12.5 Å². The molecule has 4 rings (SSSR count). The van der Waals surface area contributed by atoms with E-state index in [1.54, 1.807) is 4.68 Å². The first kappa shape index (κ1) is 18.2. The Hall–Kier alpha value is -3.19. The first-order valence-electron chi connectivity index (χ1n) is 9.02. The molecule has 1 amide bonds. The molecule has 0 radical (unpaired) electrons. The number of aryl methyl sites for hydroxylation is 1. The fourth-order valence-electron chi connectivity index (χ4n) is 2.95. The van der Waals surface area contributed by atoms with Crippen molar-refractivity contribution in [2.75, 3.05) is 11.1 Å². The Bertz CT molecular complexity index is 1100. The van der Waals surface area contributed by atoms with Gasteiger partial charge in [-0.2, -0.15) is 4.68 Å². The van der Waals surface area contributed by atoms with E-state index in [0.29, 0.717) is 5.16 Å². The zero-order valence-electron chi connectivity index (χ0n) is 15.4. The van der Waals surface area contributed by atoms with Crippen molar-refractivity contribution in [1.29, 1.82) is 0 Å². The molecule has 140 valence electrons. The van der Waals surface area contributed by atoms with Crippen LogP contribution in [0.5, 0.6) is 0 Å². The standard InChI is InChI=1S/C21H19N5OS/c1-2-15-10-12-17(13-11-15)26-21(23-24-25-26)28-14-20(27)22-19-9-5-7-16-6-3-4-8-18(16)19/h3-13H,2,14H2,1H3,(H,22,27). The molecule has 7 heteroatoms. The number of rotatable bonds is 6. The highest BCUT2D eigenvalue weighted by molar-refractivity contribution is 7.99. The number of hydrogen-bond donors (Lipinski definition) is 1. The van der Waals surface area contributed by atoms with Gasteiger partial charge in [0.25, 0.3) is 0 Å². The van der Waals surface area contributed by atoms with Crippen LogP contribution >= 0.6 is 11.8 Å². The number of benzene rings is 3. The highest BCUT2D eigenvalue weighted by atomic mass is 32.2. The van der Waals surface area contributed by atoms with Crippen LogP contribution in [0.3, 0.4) is 0 Å². The summed E-state index contributed by atoms with van der Waals surface area (Å²) < 4.78 is 1.65. The van der Waals surface area contributed by atoms with Gasteiger partial charge in [-0.3, -0.25) is 4.79 Å². The first-order chi connectivity index (χ1) is 13.7. The summed E-state index contributed by atoms with van der Waals surface area (Å²) >= 11 is 1.31. The van der Waals surface area contributed by atoms with Crippen LogP contribution in [0.4, 0.5) is 5.69 Å². The van der Waals surface area contributed by atoms with Gasteiger partial charge < -0.3 is 5.32 Å². The van der Waals surface area contributed by atoms with Crippen LogP contribution in [-0.4, -0.2) is 31.9 Å². The maximum Gasteiger partial charge on any atom is 0.234 e. The van der Waals surface area contributed by atoms with Crippen molar-refractivity contribution in [3.63, 3.8) is 0 Å². The van der Waals surface area contributed by atoms with Crippen molar-refractivity contribution >= 4 is 34.1 Å². The number of thioether (sulfide) groups is 1. The molecule has 0 atom stereocenters. The van der Waals surface area contributed by atoms with Gasteiger partial charge in [0.15, 0.2) is 0 Å². The molecule has 1 heterocycles. The van der Waals surface area contributed by atoms with E-state index >= 15 is 0 Å². The van der Waals surface area contributed by atoms with E-state index in [2.05, 4.69) is 39.9 Å². The predicted molar refractivity (Wildman–Crippen MR) is 112 cm³/mol. The number of amides is 1.